The molecule has 126 valence electrons. The van der Waals surface area contributed by atoms with Gasteiger partial charge in [-0.25, -0.2) is 8.42 Å². The summed E-state index contributed by atoms with van der Waals surface area (Å²) < 4.78 is 26.8. The molecule has 0 unspecified atom stereocenters. The lowest BCUT2D eigenvalue weighted by Gasteiger charge is -2.34. The molecule has 0 N–H and O–H groups in total. The van der Waals surface area contributed by atoms with E-state index in [2.05, 4.69) is 6.92 Å². The average molecular weight is 377 g/mol. The van der Waals surface area contributed by atoms with E-state index >= 15 is 0 Å². The molecule has 1 aromatic carbocycles. The molecule has 1 heterocycles. The third-order valence-electron chi connectivity index (χ3n) is 4.49. The minimum absolute atomic E-state index is 0.0160. The van der Waals surface area contributed by atoms with Crippen molar-refractivity contribution < 1.29 is 13.2 Å². The number of rotatable bonds is 3. The molecule has 3 rings (SSSR count). The van der Waals surface area contributed by atoms with E-state index in [4.69, 9.17) is 23.2 Å². The van der Waals surface area contributed by atoms with Gasteiger partial charge in [-0.3, -0.25) is 4.79 Å². The topological polar surface area (TPSA) is 57.7 Å². The summed E-state index contributed by atoms with van der Waals surface area (Å²) in [6, 6.07) is 4.39. The smallest absolute Gasteiger partial charge is 0.244 e. The molecule has 2 fully saturated rings. The van der Waals surface area contributed by atoms with Crippen molar-refractivity contribution in [2.45, 2.75) is 18.2 Å². The molecule has 1 aliphatic carbocycles. The van der Waals surface area contributed by atoms with Gasteiger partial charge in [-0.2, -0.15) is 4.31 Å². The minimum Gasteiger partial charge on any atom is -0.340 e. The molecule has 8 heteroatoms. The third kappa shape index (κ3) is 3.36. The fraction of sp³-hybridized carbons (Fsp3) is 0.533. The predicted octanol–water partition coefficient (Wildman–Crippen LogP) is 2.48. The highest BCUT2D eigenvalue weighted by Gasteiger charge is 2.42. The fourth-order valence-corrected chi connectivity index (χ4v) is 5.02. The van der Waals surface area contributed by atoms with Crippen LogP contribution >= 0.6 is 23.2 Å². The number of carbonyl (C=O) groups excluding carboxylic acids is 1. The average Bonchev–Trinajstić information content (AvgIpc) is 3.26. The van der Waals surface area contributed by atoms with Crippen LogP contribution in [0.4, 0.5) is 0 Å². The molecule has 1 aliphatic heterocycles. The van der Waals surface area contributed by atoms with Crippen molar-refractivity contribution in [3.05, 3.63) is 28.2 Å². The van der Waals surface area contributed by atoms with Gasteiger partial charge in [0.05, 0.1) is 5.02 Å². The zero-order chi connectivity index (χ0) is 16.8. The molecule has 0 bridgehead atoms. The summed E-state index contributed by atoms with van der Waals surface area (Å²) in [5, 5.41) is 0.476. The van der Waals surface area contributed by atoms with Gasteiger partial charge in [0.2, 0.25) is 15.9 Å². The Bertz CT molecular complexity index is 730. The van der Waals surface area contributed by atoms with Crippen LogP contribution in [0.2, 0.25) is 10.0 Å². The molecule has 2 aliphatic rings. The Morgan fingerprint density at radius 2 is 1.78 bits per heavy atom. The lowest BCUT2D eigenvalue weighted by Crippen LogP contribution is -2.51. The fourth-order valence-electron chi connectivity index (χ4n) is 2.86. The Kier molecular flexibility index (Phi) is 4.62. The summed E-state index contributed by atoms with van der Waals surface area (Å²) in [4.78, 5) is 14.0. The highest BCUT2D eigenvalue weighted by Crippen LogP contribution is 2.39. The van der Waals surface area contributed by atoms with E-state index < -0.39 is 10.0 Å². The van der Waals surface area contributed by atoms with E-state index in [0.717, 1.165) is 6.42 Å². The van der Waals surface area contributed by atoms with Crippen LogP contribution in [-0.2, 0) is 14.8 Å². The summed E-state index contributed by atoms with van der Waals surface area (Å²) in [5.41, 5.74) is 0. The summed E-state index contributed by atoms with van der Waals surface area (Å²) in [5.74, 6) is 0.727. The quantitative estimate of drug-likeness (QED) is 0.813. The minimum atomic E-state index is -3.70. The predicted molar refractivity (Wildman–Crippen MR) is 89.1 cm³/mol. The largest absolute Gasteiger partial charge is 0.340 e. The first-order chi connectivity index (χ1) is 10.8. The lowest BCUT2D eigenvalue weighted by atomic mass is 10.2. The van der Waals surface area contributed by atoms with Crippen LogP contribution in [0, 0.1) is 11.8 Å². The van der Waals surface area contributed by atoms with E-state index in [9.17, 15) is 13.2 Å². The summed E-state index contributed by atoms with van der Waals surface area (Å²) in [6.45, 7) is 3.44. The van der Waals surface area contributed by atoms with Gasteiger partial charge in [-0.05, 0) is 30.5 Å². The number of carbonyl (C=O) groups is 1. The molecule has 0 spiro atoms. The molecule has 2 atom stereocenters. The van der Waals surface area contributed by atoms with Crippen molar-refractivity contribution in [2.24, 2.45) is 11.8 Å². The van der Waals surface area contributed by atoms with Crippen LogP contribution in [-0.4, -0.2) is 49.7 Å². The zero-order valence-corrected chi connectivity index (χ0v) is 15.0. The van der Waals surface area contributed by atoms with Crippen molar-refractivity contribution in [1.82, 2.24) is 9.21 Å². The second-order valence-corrected chi connectivity index (χ2v) is 8.87. The number of halogens is 2. The van der Waals surface area contributed by atoms with E-state index in [1.54, 1.807) is 11.0 Å². The molecular formula is C15H18Cl2N2O3S. The second-order valence-electron chi connectivity index (χ2n) is 6.12. The highest BCUT2D eigenvalue weighted by molar-refractivity contribution is 7.89. The maximum Gasteiger partial charge on any atom is 0.244 e. The monoisotopic (exact) mass is 376 g/mol. The van der Waals surface area contributed by atoms with Crippen molar-refractivity contribution in [3.8, 4) is 0 Å². The SMILES string of the molecule is C[C@@H]1C[C@H]1C(=O)N1CCN(S(=O)(=O)c2cc(Cl)ccc2Cl)CC1. The van der Waals surface area contributed by atoms with Crippen LogP contribution in [0.25, 0.3) is 0 Å². The summed E-state index contributed by atoms with van der Waals surface area (Å²) in [6.07, 6.45) is 0.940. The Labute approximate surface area is 146 Å². The lowest BCUT2D eigenvalue weighted by molar-refractivity contribution is -0.134. The Morgan fingerprint density at radius 1 is 1.17 bits per heavy atom. The maximum absolute atomic E-state index is 12.7. The molecule has 1 saturated carbocycles. The van der Waals surface area contributed by atoms with Crippen LogP contribution in [0.1, 0.15) is 13.3 Å². The molecule has 0 aromatic heterocycles. The van der Waals surface area contributed by atoms with E-state index in [1.807, 2.05) is 0 Å². The third-order valence-corrected chi connectivity index (χ3v) is 7.10. The second kappa shape index (κ2) is 6.24. The van der Waals surface area contributed by atoms with Gasteiger partial charge < -0.3 is 4.90 Å². The Balaban J connectivity index is 1.71. The number of hydrogen-bond donors (Lipinski definition) is 0. The highest BCUT2D eigenvalue weighted by atomic mass is 35.5. The van der Waals surface area contributed by atoms with Crippen molar-refractivity contribution in [3.63, 3.8) is 0 Å². The summed E-state index contributed by atoms with van der Waals surface area (Å²) in [7, 11) is -3.70. The molecule has 0 radical (unpaired) electrons. The molecule has 5 nitrogen and oxygen atoms in total. The van der Waals surface area contributed by atoms with E-state index in [1.165, 1.54) is 16.4 Å². The Hall–Kier alpha value is -0.820. The van der Waals surface area contributed by atoms with E-state index in [-0.39, 0.29) is 34.8 Å². The first-order valence-corrected chi connectivity index (χ1v) is 9.74. The van der Waals surface area contributed by atoms with Gasteiger partial charge in [0.15, 0.2) is 0 Å². The van der Waals surface area contributed by atoms with Gasteiger partial charge in [0.1, 0.15) is 4.90 Å². The molecule has 1 saturated heterocycles. The molecule has 1 amide bonds. The van der Waals surface area contributed by atoms with Crippen LogP contribution in [0.5, 0.6) is 0 Å². The van der Waals surface area contributed by atoms with Crippen LogP contribution < -0.4 is 0 Å². The van der Waals surface area contributed by atoms with E-state index in [0.29, 0.717) is 24.0 Å². The van der Waals surface area contributed by atoms with Crippen LogP contribution in [0.3, 0.4) is 0 Å². The van der Waals surface area contributed by atoms with Gasteiger partial charge >= 0.3 is 0 Å². The molecule has 23 heavy (non-hydrogen) atoms. The first-order valence-electron chi connectivity index (χ1n) is 7.54. The Morgan fingerprint density at radius 3 is 2.35 bits per heavy atom. The van der Waals surface area contributed by atoms with Crippen molar-refractivity contribution >= 4 is 39.1 Å². The first kappa shape index (κ1) is 17.0. The molecular weight excluding hydrogens is 359 g/mol. The summed E-state index contributed by atoms with van der Waals surface area (Å²) >= 11 is 11.9. The number of nitrogens with zero attached hydrogens (tertiary/aromatic N) is 2. The number of hydrogen-bond acceptors (Lipinski definition) is 3. The number of amides is 1. The van der Waals surface area contributed by atoms with Crippen molar-refractivity contribution in [2.75, 3.05) is 26.2 Å². The number of sulfonamides is 1. The maximum atomic E-state index is 12.7. The zero-order valence-electron chi connectivity index (χ0n) is 12.7. The number of piperazine rings is 1. The normalized spacial score (nSPS) is 25.4. The standard InChI is InChI=1S/C15H18Cl2N2O3S/c1-10-8-12(10)15(20)18-4-6-19(7-5-18)23(21,22)14-9-11(16)2-3-13(14)17/h2-3,9-10,12H,4-8H2,1H3/t10-,12-/m1/s1. The van der Waals surface area contributed by atoms with Gasteiger partial charge in [0.25, 0.3) is 0 Å². The van der Waals surface area contributed by atoms with Gasteiger partial charge in [-0.15, -0.1) is 0 Å². The molecule has 1 aromatic rings. The van der Waals surface area contributed by atoms with Gasteiger partial charge in [0, 0.05) is 37.1 Å². The number of benzene rings is 1. The van der Waals surface area contributed by atoms with Crippen molar-refractivity contribution in [1.29, 1.82) is 0 Å². The van der Waals surface area contributed by atoms with Crippen LogP contribution in [0.15, 0.2) is 23.1 Å². The van der Waals surface area contributed by atoms with Gasteiger partial charge in [-0.1, -0.05) is 30.1 Å².